The van der Waals surface area contributed by atoms with Crippen molar-refractivity contribution >= 4 is 28.3 Å². The molecular formula is C37H38N8O. The van der Waals surface area contributed by atoms with Crippen LogP contribution in [-0.2, 0) is 12.0 Å². The molecule has 0 saturated heterocycles. The van der Waals surface area contributed by atoms with Crippen molar-refractivity contribution in [1.82, 2.24) is 19.7 Å². The van der Waals surface area contributed by atoms with Gasteiger partial charge in [0.15, 0.2) is 0 Å². The van der Waals surface area contributed by atoms with E-state index in [9.17, 15) is 4.79 Å². The minimum atomic E-state index is -0.369. The highest BCUT2D eigenvalue weighted by molar-refractivity contribution is 6.09. The van der Waals surface area contributed by atoms with Gasteiger partial charge in [0, 0.05) is 49.1 Å². The number of nitrogens with one attached hydrogen (secondary N) is 2. The van der Waals surface area contributed by atoms with E-state index in [1.807, 2.05) is 49.4 Å². The maximum atomic E-state index is 13.5. The Morgan fingerprint density at radius 3 is 2.20 bits per heavy atom. The smallest absolute Gasteiger partial charge is 0.307 e. The molecule has 0 fully saturated rings. The van der Waals surface area contributed by atoms with Crippen molar-refractivity contribution < 1.29 is 4.79 Å². The lowest BCUT2D eigenvalue weighted by Crippen LogP contribution is -2.25. The monoisotopic (exact) mass is 610 g/mol. The maximum Gasteiger partial charge on any atom is 0.324 e. The number of aryl methyl sites for hydroxylation is 1. The fourth-order valence-electron chi connectivity index (χ4n) is 5.45. The van der Waals surface area contributed by atoms with Crippen LogP contribution in [0.3, 0.4) is 0 Å². The molecule has 9 heteroatoms. The van der Waals surface area contributed by atoms with Crippen molar-refractivity contribution in [2.75, 3.05) is 23.7 Å². The Hall–Kier alpha value is -5.51. The molecule has 9 nitrogen and oxygen atoms in total. The molecule has 2 amide bonds. The number of fused-ring (bicyclic) bond motifs is 1. The van der Waals surface area contributed by atoms with Crippen LogP contribution in [0.25, 0.3) is 27.6 Å². The highest BCUT2D eigenvalue weighted by Crippen LogP contribution is 2.35. The van der Waals surface area contributed by atoms with E-state index >= 15 is 0 Å². The first-order valence-electron chi connectivity index (χ1n) is 15.3. The number of anilines is 2. The molecule has 232 valence electrons. The molecular weight excluding hydrogens is 572 g/mol. The van der Waals surface area contributed by atoms with Crippen LogP contribution in [0.2, 0.25) is 0 Å². The summed E-state index contributed by atoms with van der Waals surface area (Å²) in [5, 5.41) is 30.7. The number of benzene rings is 3. The van der Waals surface area contributed by atoms with E-state index < -0.39 is 0 Å². The van der Waals surface area contributed by atoms with Crippen molar-refractivity contribution in [3.8, 4) is 29.0 Å². The van der Waals surface area contributed by atoms with E-state index in [2.05, 4.69) is 88.9 Å². The lowest BCUT2D eigenvalue weighted by molar-refractivity contribution is 0.262. The molecule has 0 aliphatic heterocycles. The molecule has 0 unspecified atom stereocenters. The molecule has 0 atom stereocenters. The lowest BCUT2D eigenvalue weighted by Gasteiger charge is -2.21. The zero-order valence-corrected chi connectivity index (χ0v) is 26.7. The van der Waals surface area contributed by atoms with Crippen molar-refractivity contribution in [2.24, 2.45) is 0 Å². The molecule has 2 N–H and O–H groups in total. The van der Waals surface area contributed by atoms with E-state index in [0.29, 0.717) is 44.0 Å². The lowest BCUT2D eigenvalue weighted by atomic mass is 9.89. The summed E-state index contributed by atoms with van der Waals surface area (Å²) >= 11 is 0. The van der Waals surface area contributed by atoms with Crippen molar-refractivity contribution in [3.05, 3.63) is 102 Å². The molecule has 0 bridgehead atoms. The number of hydrogen-bond donors (Lipinski definition) is 2. The van der Waals surface area contributed by atoms with E-state index in [0.717, 1.165) is 44.4 Å². The van der Waals surface area contributed by atoms with Gasteiger partial charge in [0.1, 0.15) is 5.82 Å². The van der Waals surface area contributed by atoms with Crippen LogP contribution in [0.1, 0.15) is 50.4 Å². The van der Waals surface area contributed by atoms with Gasteiger partial charge in [0.2, 0.25) is 0 Å². The second kappa shape index (κ2) is 14.1. The van der Waals surface area contributed by atoms with Gasteiger partial charge in [-0.3, -0.25) is 15.2 Å². The summed E-state index contributed by atoms with van der Waals surface area (Å²) in [7, 11) is 0. The van der Waals surface area contributed by atoms with Crippen LogP contribution in [0, 0.1) is 29.6 Å². The molecule has 46 heavy (non-hydrogen) atoms. The van der Waals surface area contributed by atoms with Gasteiger partial charge < -0.3 is 5.32 Å². The number of pyridine rings is 1. The van der Waals surface area contributed by atoms with Crippen molar-refractivity contribution in [2.45, 2.75) is 52.5 Å². The minimum Gasteiger partial charge on any atom is -0.307 e. The largest absolute Gasteiger partial charge is 0.324 e. The quantitative estimate of drug-likeness (QED) is 0.165. The highest BCUT2D eigenvalue weighted by atomic mass is 16.2. The summed E-state index contributed by atoms with van der Waals surface area (Å²) in [4.78, 5) is 20.1. The third-order valence-corrected chi connectivity index (χ3v) is 7.87. The Labute approximate surface area is 270 Å². The predicted molar refractivity (Wildman–Crippen MR) is 183 cm³/mol. The maximum absolute atomic E-state index is 13.5. The summed E-state index contributed by atoms with van der Waals surface area (Å²) in [5.74, 6) is 0.593. The Kier molecular flexibility index (Phi) is 9.76. The number of rotatable bonds is 10. The molecule has 0 spiro atoms. The number of carbonyl (C=O) groups excluding carboxylic acids is 1. The number of urea groups is 1. The minimum absolute atomic E-state index is 0.256. The van der Waals surface area contributed by atoms with Crippen molar-refractivity contribution in [1.29, 1.82) is 10.5 Å². The van der Waals surface area contributed by atoms with Crippen LogP contribution in [0.4, 0.5) is 16.3 Å². The van der Waals surface area contributed by atoms with Gasteiger partial charge in [-0.15, -0.1) is 0 Å². The molecule has 2 heterocycles. The first-order valence-corrected chi connectivity index (χ1v) is 15.3. The number of hydrogen-bond acceptors (Lipinski definition) is 6. The fraction of sp³-hybridized carbons (Fsp3) is 0.270. The summed E-state index contributed by atoms with van der Waals surface area (Å²) in [6.45, 7) is 10.1. The molecule has 2 aromatic heterocycles. The zero-order valence-electron chi connectivity index (χ0n) is 26.7. The van der Waals surface area contributed by atoms with Gasteiger partial charge in [-0.25, -0.2) is 9.48 Å². The second-order valence-electron chi connectivity index (χ2n) is 12.3. The molecule has 5 aromatic rings. The summed E-state index contributed by atoms with van der Waals surface area (Å²) in [5.41, 5.74) is 6.24. The number of aromatic nitrogens is 3. The first kappa shape index (κ1) is 31.9. The molecule has 5 rings (SSSR count). The average molecular weight is 611 g/mol. The first-order chi connectivity index (χ1) is 22.2. The van der Waals surface area contributed by atoms with E-state index in [1.54, 1.807) is 17.1 Å². The highest BCUT2D eigenvalue weighted by Gasteiger charge is 2.25. The molecule has 0 aliphatic carbocycles. The Balaban J connectivity index is 1.39. The van der Waals surface area contributed by atoms with E-state index in [-0.39, 0.29) is 11.4 Å². The van der Waals surface area contributed by atoms with Gasteiger partial charge in [-0.1, -0.05) is 75.4 Å². The van der Waals surface area contributed by atoms with Gasteiger partial charge in [0.05, 0.1) is 35.9 Å². The zero-order chi connectivity index (χ0) is 32.7. The molecule has 0 radical (unpaired) electrons. The standard InChI is InChI=1S/C37H38N8O/c1-26-11-16-29(23-40-26)45-35(33(24-41-45)37(2,3)4)43-36(46)42-34-18-17-30(31-9-5-6-10-32(31)34)28-14-12-27(13-15-28)25-44(21-7-19-38)22-8-20-39/h5-6,9-18,23-24H,7-8,21-22,25H2,1-4H3,(H2,42,43,46). The average Bonchev–Trinajstić information content (AvgIpc) is 3.47. The fourth-order valence-corrected chi connectivity index (χ4v) is 5.45. The van der Waals surface area contributed by atoms with Crippen LogP contribution >= 0.6 is 0 Å². The predicted octanol–water partition coefficient (Wildman–Crippen LogP) is 7.97. The third kappa shape index (κ3) is 7.40. The number of nitrogens with zero attached hydrogens (tertiary/aromatic N) is 6. The second-order valence-corrected chi connectivity index (χ2v) is 12.3. The summed E-state index contributed by atoms with van der Waals surface area (Å²) < 4.78 is 1.71. The normalized spacial score (nSPS) is 11.3. The van der Waals surface area contributed by atoms with E-state index in [4.69, 9.17) is 10.5 Å². The Morgan fingerprint density at radius 2 is 1.57 bits per heavy atom. The molecule has 0 aliphatic rings. The molecule has 3 aromatic carbocycles. The van der Waals surface area contributed by atoms with Gasteiger partial charge in [-0.05, 0) is 52.6 Å². The van der Waals surface area contributed by atoms with Gasteiger partial charge in [-0.2, -0.15) is 15.6 Å². The summed E-state index contributed by atoms with van der Waals surface area (Å²) in [6, 6.07) is 28.2. The SMILES string of the molecule is Cc1ccc(-n2ncc(C(C)(C)C)c2NC(=O)Nc2ccc(-c3ccc(CN(CCC#N)CCC#N)cc3)c3ccccc23)cn1. The van der Waals surface area contributed by atoms with Gasteiger partial charge in [0.25, 0.3) is 0 Å². The van der Waals surface area contributed by atoms with Crippen molar-refractivity contribution in [3.63, 3.8) is 0 Å². The van der Waals surface area contributed by atoms with Crippen LogP contribution < -0.4 is 10.6 Å². The third-order valence-electron chi connectivity index (χ3n) is 7.87. The topological polar surface area (TPSA) is 123 Å². The van der Waals surface area contributed by atoms with E-state index in [1.165, 1.54) is 0 Å². The Morgan fingerprint density at radius 1 is 0.870 bits per heavy atom. The number of carbonyl (C=O) groups is 1. The summed E-state index contributed by atoms with van der Waals surface area (Å²) in [6.07, 6.45) is 4.40. The van der Waals surface area contributed by atoms with Crippen LogP contribution in [0.15, 0.2) is 85.2 Å². The van der Waals surface area contributed by atoms with Crippen LogP contribution in [-0.4, -0.2) is 38.8 Å². The van der Waals surface area contributed by atoms with Gasteiger partial charge >= 0.3 is 6.03 Å². The number of amides is 2. The molecule has 0 saturated carbocycles. The van der Waals surface area contributed by atoms with Crippen LogP contribution in [0.5, 0.6) is 0 Å². The Bertz CT molecular complexity index is 1890. The number of nitriles is 2.